The molecule has 2 aromatic rings. The molecule has 134 valence electrons. The molecule has 1 amide bonds. The third-order valence-electron chi connectivity index (χ3n) is 4.40. The van der Waals surface area contributed by atoms with Crippen molar-refractivity contribution in [3.63, 3.8) is 0 Å². The molecule has 0 aliphatic rings. The van der Waals surface area contributed by atoms with Gasteiger partial charge in [-0.1, -0.05) is 44.2 Å². The second kappa shape index (κ2) is 8.51. The first-order valence-electron chi connectivity index (χ1n) is 8.72. The largest absolute Gasteiger partial charge is 0.478 e. The van der Waals surface area contributed by atoms with Crippen molar-refractivity contribution >= 4 is 11.9 Å². The third kappa shape index (κ3) is 4.29. The van der Waals surface area contributed by atoms with Crippen molar-refractivity contribution in [2.75, 3.05) is 6.54 Å². The molecule has 1 aromatic heterocycles. The fourth-order valence-electron chi connectivity index (χ4n) is 3.05. The van der Waals surface area contributed by atoms with Crippen LogP contribution in [0.15, 0.2) is 40.8 Å². The van der Waals surface area contributed by atoms with E-state index in [0.29, 0.717) is 18.7 Å². The summed E-state index contributed by atoms with van der Waals surface area (Å²) >= 11 is 0. The van der Waals surface area contributed by atoms with E-state index in [4.69, 9.17) is 4.42 Å². The van der Waals surface area contributed by atoms with E-state index >= 15 is 0 Å². The van der Waals surface area contributed by atoms with Gasteiger partial charge >= 0.3 is 5.97 Å². The van der Waals surface area contributed by atoms with Crippen LogP contribution < -0.4 is 0 Å². The van der Waals surface area contributed by atoms with Crippen molar-refractivity contribution in [1.82, 2.24) is 4.90 Å². The second-order valence-electron chi connectivity index (χ2n) is 5.95. The van der Waals surface area contributed by atoms with Gasteiger partial charge in [-0.05, 0) is 25.3 Å². The van der Waals surface area contributed by atoms with Crippen molar-refractivity contribution in [3.05, 3.63) is 59.0 Å². The van der Waals surface area contributed by atoms with E-state index < -0.39 is 5.97 Å². The molecule has 1 aromatic carbocycles. The van der Waals surface area contributed by atoms with Gasteiger partial charge < -0.3 is 14.4 Å². The van der Waals surface area contributed by atoms with Crippen LogP contribution in [0.3, 0.4) is 0 Å². The maximum Gasteiger partial charge on any atom is 0.339 e. The topological polar surface area (TPSA) is 70.8 Å². The smallest absolute Gasteiger partial charge is 0.339 e. The maximum atomic E-state index is 12.9. The number of aryl methyl sites for hydroxylation is 1. The number of hydrogen-bond donors (Lipinski definition) is 1. The summed E-state index contributed by atoms with van der Waals surface area (Å²) in [5, 5.41) is 9.25. The van der Waals surface area contributed by atoms with Crippen molar-refractivity contribution < 1.29 is 19.1 Å². The molecular weight excluding hydrogens is 318 g/mol. The molecule has 5 nitrogen and oxygen atoms in total. The molecule has 1 heterocycles. The molecule has 1 unspecified atom stereocenters. The SMILES string of the molecule is CCc1oc(C(=O)N(CC)C(CC)Cc2ccccc2)cc1C(=O)O. The molecule has 0 saturated carbocycles. The zero-order valence-corrected chi connectivity index (χ0v) is 15.0. The van der Waals surface area contributed by atoms with Gasteiger partial charge in [0.2, 0.25) is 0 Å². The summed E-state index contributed by atoms with van der Waals surface area (Å²) in [6.07, 6.45) is 1.99. The number of rotatable bonds is 8. The van der Waals surface area contributed by atoms with Gasteiger partial charge in [-0.15, -0.1) is 0 Å². The number of carboxylic acids is 1. The van der Waals surface area contributed by atoms with E-state index in [1.165, 1.54) is 11.6 Å². The zero-order valence-electron chi connectivity index (χ0n) is 15.0. The predicted octanol–water partition coefficient (Wildman–Crippen LogP) is 4.02. The maximum absolute atomic E-state index is 12.9. The lowest BCUT2D eigenvalue weighted by molar-refractivity contribution is 0.0647. The average molecular weight is 343 g/mol. The average Bonchev–Trinajstić information content (AvgIpc) is 3.07. The number of hydrogen-bond acceptors (Lipinski definition) is 3. The van der Waals surface area contributed by atoms with Gasteiger partial charge in [0.1, 0.15) is 11.3 Å². The molecule has 0 saturated heterocycles. The standard InChI is InChI=1S/C20H25NO4/c1-4-15(12-14-10-8-7-9-11-14)21(6-3)19(22)18-13-16(20(23)24)17(5-2)25-18/h7-11,13,15H,4-6,12H2,1-3H3,(H,23,24). The Kier molecular flexibility index (Phi) is 6.39. The second-order valence-corrected chi connectivity index (χ2v) is 5.95. The van der Waals surface area contributed by atoms with Crippen LogP contribution in [0.4, 0.5) is 0 Å². The van der Waals surface area contributed by atoms with Gasteiger partial charge in [0.25, 0.3) is 5.91 Å². The Bertz CT molecular complexity index is 721. The van der Waals surface area contributed by atoms with Crippen molar-refractivity contribution in [3.8, 4) is 0 Å². The van der Waals surface area contributed by atoms with Crippen LogP contribution in [0.1, 0.15) is 59.4 Å². The lowest BCUT2D eigenvalue weighted by Crippen LogP contribution is -2.41. The van der Waals surface area contributed by atoms with Crippen molar-refractivity contribution in [2.24, 2.45) is 0 Å². The molecule has 0 aliphatic heterocycles. The van der Waals surface area contributed by atoms with Gasteiger partial charge in [-0.2, -0.15) is 0 Å². The molecule has 5 heteroatoms. The van der Waals surface area contributed by atoms with Gasteiger partial charge in [0, 0.05) is 25.1 Å². The number of amides is 1. The van der Waals surface area contributed by atoms with Crippen LogP contribution in [0.5, 0.6) is 0 Å². The monoisotopic (exact) mass is 343 g/mol. The highest BCUT2D eigenvalue weighted by Gasteiger charge is 2.27. The number of benzene rings is 1. The predicted molar refractivity (Wildman–Crippen MR) is 96.0 cm³/mol. The summed E-state index contributed by atoms with van der Waals surface area (Å²) < 4.78 is 5.54. The number of aromatic carboxylic acids is 1. The zero-order chi connectivity index (χ0) is 18.4. The number of carboxylic acid groups (broad SMARTS) is 1. The van der Waals surface area contributed by atoms with E-state index in [0.717, 1.165) is 12.8 Å². The minimum Gasteiger partial charge on any atom is -0.478 e. The molecule has 1 atom stereocenters. The highest BCUT2D eigenvalue weighted by atomic mass is 16.4. The van der Waals surface area contributed by atoms with Gasteiger partial charge in [-0.25, -0.2) is 4.79 Å². The van der Waals surface area contributed by atoms with Crippen LogP contribution in [0.2, 0.25) is 0 Å². The van der Waals surface area contributed by atoms with Gasteiger partial charge in [0.15, 0.2) is 5.76 Å². The number of carbonyl (C=O) groups excluding carboxylic acids is 1. The Morgan fingerprint density at radius 3 is 2.32 bits per heavy atom. The third-order valence-corrected chi connectivity index (χ3v) is 4.40. The first kappa shape index (κ1) is 18.8. The summed E-state index contributed by atoms with van der Waals surface area (Å²) in [6.45, 7) is 6.31. The Hall–Kier alpha value is -2.56. The molecule has 0 spiro atoms. The Labute approximate surface area is 148 Å². The van der Waals surface area contributed by atoms with Crippen molar-refractivity contribution in [2.45, 2.75) is 46.1 Å². The van der Waals surface area contributed by atoms with Crippen LogP contribution in [0.25, 0.3) is 0 Å². The van der Waals surface area contributed by atoms with Crippen molar-refractivity contribution in [1.29, 1.82) is 0 Å². The van der Waals surface area contributed by atoms with E-state index in [1.54, 1.807) is 11.8 Å². The highest BCUT2D eigenvalue weighted by molar-refractivity contribution is 5.96. The van der Waals surface area contributed by atoms with Crippen LogP contribution >= 0.6 is 0 Å². The van der Waals surface area contributed by atoms with Crippen LogP contribution in [-0.4, -0.2) is 34.5 Å². The Balaban J connectivity index is 2.26. The molecular formula is C20H25NO4. The summed E-state index contributed by atoms with van der Waals surface area (Å²) in [6, 6.07) is 11.4. The Morgan fingerprint density at radius 2 is 1.84 bits per heavy atom. The molecule has 0 bridgehead atoms. The normalized spacial score (nSPS) is 12.0. The lowest BCUT2D eigenvalue weighted by atomic mass is 10.0. The van der Waals surface area contributed by atoms with E-state index in [9.17, 15) is 14.7 Å². The minimum absolute atomic E-state index is 0.0309. The van der Waals surface area contributed by atoms with E-state index in [1.807, 2.05) is 44.2 Å². The summed E-state index contributed by atoms with van der Waals surface area (Å²) in [5.74, 6) is -0.892. The lowest BCUT2D eigenvalue weighted by Gasteiger charge is -2.29. The van der Waals surface area contributed by atoms with E-state index in [2.05, 4.69) is 0 Å². The number of likely N-dealkylation sites (N-methyl/N-ethyl adjacent to an activating group) is 1. The number of nitrogens with zero attached hydrogens (tertiary/aromatic N) is 1. The molecule has 1 N–H and O–H groups in total. The minimum atomic E-state index is -1.07. The van der Waals surface area contributed by atoms with E-state index in [-0.39, 0.29) is 23.3 Å². The molecule has 0 fully saturated rings. The fraction of sp³-hybridized carbons (Fsp3) is 0.400. The fourth-order valence-corrected chi connectivity index (χ4v) is 3.05. The quantitative estimate of drug-likeness (QED) is 0.786. The first-order valence-corrected chi connectivity index (χ1v) is 8.72. The molecule has 0 radical (unpaired) electrons. The summed E-state index contributed by atoms with van der Waals surface area (Å²) in [4.78, 5) is 26.0. The Morgan fingerprint density at radius 1 is 1.16 bits per heavy atom. The molecule has 2 rings (SSSR count). The van der Waals surface area contributed by atoms with Crippen LogP contribution in [0, 0.1) is 0 Å². The molecule has 25 heavy (non-hydrogen) atoms. The molecule has 0 aliphatic carbocycles. The first-order chi connectivity index (χ1) is 12.0. The summed E-state index contributed by atoms with van der Waals surface area (Å²) in [7, 11) is 0. The summed E-state index contributed by atoms with van der Waals surface area (Å²) in [5.41, 5.74) is 1.23. The van der Waals surface area contributed by atoms with Gasteiger partial charge in [-0.3, -0.25) is 4.79 Å². The number of carbonyl (C=O) groups is 2. The van der Waals surface area contributed by atoms with Gasteiger partial charge in [0.05, 0.1) is 0 Å². The van der Waals surface area contributed by atoms with Crippen LogP contribution in [-0.2, 0) is 12.8 Å². The highest BCUT2D eigenvalue weighted by Crippen LogP contribution is 2.21. The number of furan rings is 1.